The molecule has 1 aromatic heterocycles. The van der Waals surface area contributed by atoms with Crippen LogP contribution in [0.4, 0.5) is 0 Å². The van der Waals surface area contributed by atoms with Crippen LogP contribution in [0.5, 0.6) is 5.75 Å². The molecule has 0 unspecified atom stereocenters. The minimum absolute atomic E-state index is 0.141. The van der Waals surface area contributed by atoms with E-state index in [4.69, 9.17) is 27.9 Å². The predicted octanol–water partition coefficient (Wildman–Crippen LogP) is 4.74. The maximum Gasteiger partial charge on any atom is 0.119 e. The average molecular weight is 363 g/mol. The number of halogens is 2. The third-order valence-electron chi connectivity index (χ3n) is 3.53. The summed E-state index contributed by atoms with van der Waals surface area (Å²) < 4.78 is 7.23. The van der Waals surface area contributed by atoms with Gasteiger partial charge in [-0.1, -0.05) is 29.3 Å². The molecule has 3 aromatic rings. The summed E-state index contributed by atoms with van der Waals surface area (Å²) in [5, 5.41) is 14.9. The van der Waals surface area contributed by atoms with Gasteiger partial charge in [0.25, 0.3) is 0 Å². The molecule has 0 aliphatic carbocycles. The minimum atomic E-state index is -0.141. The van der Waals surface area contributed by atoms with Gasteiger partial charge in [-0.25, -0.2) is 4.68 Å². The molecule has 24 heavy (non-hydrogen) atoms. The summed E-state index contributed by atoms with van der Waals surface area (Å²) >= 11 is 12.1. The molecule has 0 aliphatic heterocycles. The van der Waals surface area contributed by atoms with Gasteiger partial charge in [-0.3, -0.25) is 0 Å². The molecule has 0 atom stereocenters. The Morgan fingerprint density at radius 1 is 1.04 bits per heavy atom. The molecule has 0 spiro atoms. The van der Waals surface area contributed by atoms with Gasteiger partial charge in [0.15, 0.2) is 0 Å². The lowest BCUT2D eigenvalue weighted by Gasteiger charge is -2.09. The fourth-order valence-electron chi connectivity index (χ4n) is 2.42. The Morgan fingerprint density at radius 2 is 1.79 bits per heavy atom. The monoisotopic (exact) mass is 362 g/mol. The number of hydrogen-bond acceptors (Lipinski definition) is 3. The second-order valence-electron chi connectivity index (χ2n) is 5.15. The molecule has 0 saturated heterocycles. The highest BCUT2D eigenvalue weighted by atomic mass is 35.5. The van der Waals surface area contributed by atoms with Crippen molar-refractivity contribution in [3.63, 3.8) is 0 Å². The Kier molecular flexibility index (Phi) is 5.09. The van der Waals surface area contributed by atoms with Crippen LogP contribution in [0.15, 0.2) is 48.5 Å². The maximum absolute atomic E-state index is 9.44. The summed E-state index contributed by atoms with van der Waals surface area (Å²) in [7, 11) is 0. The van der Waals surface area contributed by atoms with E-state index in [1.807, 2.05) is 43.3 Å². The van der Waals surface area contributed by atoms with Crippen LogP contribution in [0.2, 0.25) is 10.0 Å². The number of rotatable bonds is 5. The van der Waals surface area contributed by atoms with Crippen LogP contribution >= 0.6 is 23.2 Å². The van der Waals surface area contributed by atoms with Gasteiger partial charge < -0.3 is 9.84 Å². The van der Waals surface area contributed by atoms with Crippen molar-refractivity contribution in [3.05, 3.63) is 64.3 Å². The summed E-state index contributed by atoms with van der Waals surface area (Å²) in [6.07, 6.45) is 0. The van der Waals surface area contributed by atoms with Gasteiger partial charge in [0.1, 0.15) is 5.75 Å². The van der Waals surface area contributed by atoms with E-state index in [2.05, 4.69) is 5.10 Å². The van der Waals surface area contributed by atoms with E-state index < -0.39 is 0 Å². The van der Waals surface area contributed by atoms with Gasteiger partial charge in [-0.05, 0) is 49.4 Å². The van der Waals surface area contributed by atoms with Crippen molar-refractivity contribution in [1.29, 1.82) is 0 Å². The summed E-state index contributed by atoms with van der Waals surface area (Å²) in [4.78, 5) is 0. The van der Waals surface area contributed by atoms with Gasteiger partial charge in [0, 0.05) is 5.56 Å². The molecule has 0 saturated carbocycles. The lowest BCUT2D eigenvalue weighted by Crippen LogP contribution is -2.00. The first-order valence-electron chi connectivity index (χ1n) is 7.51. The van der Waals surface area contributed by atoms with Crippen LogP contribution in [0.1, 0.15) is 12.6 Å². The average Bonchev–Trinajstić information content (AvgIpc) is 3.03. The summed E-state index contributed by atoms with van der Waals surface area (Å²) in [5.41, 5.74) is 3.12. The molecule has 1 N–H and O–H groups in total. The van der Waals surface area contributed by atoms with E-state index in [9.17, 15) is 5.11 Å². The Balaban J connectivity index is 2.07. The molecule has 2 aromatic carbocycles. The zero-order chi connectivity index (χ0) is 17.1. The molecule has 4 nitrogen and oxygen atoms in total. The van der Waals surface area contributed by atoms with Gasteiger partial charge in [0.2, 0.25) is 0 Å². The molecule has 0 amide bonds. The Hall–Kier alpha value is -2.01. The van der Waals surface area contributed by atoms with E-state index >= 15 is 0 Å². The zero-order valence-corrected chi connectivity index (χ0v) is 14.6. The van der Waals surface area contributed by atoms with Crippen molar-refractivity contribution in [2.24, 2.45) is 0 Å². The molecule has 0 aliphatic rings. The zero-order valence-electron chi connectivity index (χ0n) is 13.0. The van der Waals surface area contributed by atoms with E-state index in [1.54, 1.807) is 16.8 Å². The molecule has 3 rings (SSSR count). The predicted molar refractivity (Wildman–Crippen MR) is 96.1 cm³/mol. The lowest BCUT2D eigenvalue weighted by atomic mass is 10.1. The molecule has 0 radical (unpaired) electrons. The van der Waals surface area contributed by atoms with Gasteiger partial charge in [0.05, 0.1) is 40.3 Å². The second-order valence-corrected chi connectivity index (χ2v) is 5.96. The Bertz CT molecular complexity index is 845. The van der Waals surface area contributed by atoms with Crippen LogP contribution in [0.3, 0.4) is 0 Å². The first-order valence-corrected chi connectivity index (χ1v) is 8.26. The second kappa shape index (κ2) is 7.26. The van der Waals surface area contributed by atoms with Crippen LogP contribution in [0.25, 0.3) is 16.9 Å². The Labute approximate surface area is 150 Å². The van der Waals surface area contributed by atoms with Crippen molar-refractivity contribution in [2.45, 2.75) is 13.5 Å². The van der Waals surface area contributed by atoms with Gasteiger partial charge >= 0.3 is 0 Å². The molecule has 0 fully saturated rings. The molecular formula is C18H16Cl2N2O2. The maximum atomic E-state index is 9.44. The van der Waals surface area contributed by atoms with Crippen molar-refractivity contribution < 1.29 is 9.84 Å². The fraction of sp³-hybridized carbons (Fsp3) is 0.167. The number of hydrogen-bond donors (Lipinski definition) is 1. The van der Waals surface area contributed by atoms with Crippen LogP contribution in [-0.2, 0) is 6.61 Å². The highest BCUT2D eigenvalue weighted by Crippen LogP contribution is 2.30. The highest BCUT2D eigenvalue weighted by Gasteiger charge is 2.13. The molecule has 124 valence electrons. The van der Waals surface area contributed by atoms with E-state index in [0.29, 0.717) is 22.3 Å². The largest absolute Gasteiger partial charge is 0.494 e. The van der Waals surface area contributed by atoms with Crippen LogP contribution in [-0.4, -0.2) is 21.5 Å². The lowest BCUT2D eigenvalue weighted by molar-refractivity contribution is 0.276. The van der Waals surface area contributed by atoms with Gasteiger partial charge in [-0.15, -0.1) is 0 Å². The van der Waals surface area contributed by atoms with Crippen molar-refractivity contribution in [3.8, 4) is 22.7 Å². The smallest absolute Gasteiger partial charge is 0.119 e. The molecule has 6 heteroatoms. The van der Waals surface area contributed by atoms with Crippen LogP contribution in [0, 0.1) is 0 Å². The quantitative estimate of drug-likeness (QED) is 0.713. The number of aromatic nitrogens is 2. The number of nitrogens with zero attached hydrogens (tertiary/aromatic N) is 2. The number of ether oxygens (including phenoxy) is 1. The number of aliphatic hydroxyl groups is 1. The SMILES string of the molecule is CCOc1ccc(-n2nc(CO)cc2-c2ccc(Cl)c(Cl)c2)cc1. The third kappa shape index (κ3) is 3.41. The highest BCUT2D eigenvalue weighted by molar-refractivity contribution is 6.42. The Morgan fingerprint density at radius 3 is 2.42 bits per heavy atom. The summed E-state index contributed by atoms with van der Waals surface area (Å²) in [6.45, 7) is 2.42. The normalized spacial score (nSPS) is 10.8. The minimum Gasteiger partial charge on any atom is -0.494 e. The molecule has 0 bridgehead atoms. The summed E-state index contributed by atoms with van der Waals surface area (Å²) in [5.74, 6) is 0.798. The molecular weight excluding hydrogens is 347 g/mol. The fourth-order valence-corrected chi connectivity index (χ4v) is 2.71. The first-order chi connectivity index (χ1) is 11.6. The van der Waals surface area contributed by atoms with Crippen molar-refractivity contribution in [1.82, 2.24) is 9.78 Å². The third-order valence-corrected chi connectivity index (χ3v) is 4.27. The van der Waals surface area contributed by atoms with E-state index in [-0.39, 0.29) is 6.61 Å². The topological polar surface area (TPSA) is 47.3 Å². The van der Waals surface area contributed by atoms with E-state index in [1.165, 1.54) is 0 Å². The molecule has 1 heterocycles. The van der Waals surface area contributed by atoms with Crippen LogP contribution < -0.4 is 4.74 Å². The first kappa shape index (κ1) is 16.8. The van der Waals surface area contributed by atoms with Crippen molar-refractivity contribution >= 4 is 23.2 Å². The standard InChI is InChI=1S/C18H16Cl2N2O2/c1-2-24-15-6-4-14(5-7-15)22-18(10-13(11-23)21-22)12-3-8-16(19)17(20)9-12/h3-10,23H,2,11H2,1H3. The van der Waals surface area contributed by atoms with E-state index in [0.717, 1.165) is 22.7 Å². The van der Waals surface area contributed by atoms with Gasteiger partial charge in [-0.2, -0.15) is 5.10 Å². The number of benzene rings is 2. The van der Waals surface area contributed by atoms with Crippen molar-refractivity contribution in [2.75, 3.05) is 6.61 Å². The summed E-state index contributed by atoms with van der Waals surface area (Å²) in [6, 6.07) is 14.8. The number of aliphatic hydroxyl groups excluding tert-OH is 1.